The van der Waals surface area contributed by atoms with E-state index in [0.29, 0.717) is 0 Å². The third kappa shape index (κ3) is 9.89. The van der Waals surface area contributed by atoms with Crippen molar-refractivity contribution in [2.45, 2.75) is 72.0 Å². The maximum absolute atomic E-state index is 3.52. The Morgan fingerprint density at radius 3 is 1.47 bits per heavy atom. The van der Waals surface area contributed by atoms with Crippen LogP contribution in [0.2, 0.25) is 18.1 Å². The van der Waals surface area contributed by atoms with E-state index in [-0.39, 0.29) is 24.8 Å². The minimum absolute atomic E-state index is 0. The Labute approximate surface area is 300 Å². The first-order valence-electron chi connectivity index (χ1n) is 16.1. The van der Waals surface area contributed by atoms with E-state index in [1.54, 1.807) is 5.20 Å². The summed E-state index contributed by atoms with van der Waals surface area (Å²) in [6.45, 7) is 11.5. The van der Waals surface area contributed by atoms with Crippen molar-refractivity contribution in [1.29, 1.82) is 0 Å². The molecule has 1 aliphatic rings. The number of rotatable bonds is 8. The molecular weight excluding hydrogens is 683 g/mol. The van der Waals surface area contributed by atoms with Gasteiger partial charge in [0.25, 0.3) is 0 Å². The zero-order chi connectivity index (χ0) is 30.7. The maximum atomic E-state index is 3.52. The second-order valence-corrected chi connectivity index (χ2v) is 17.8. The fourth-order valence-electron chi connectivity index (χ4n) is 6.03. The van der Waals surface area contributed by atoms with Gasteiger partial charge in [-0.15, -0.1) is 71.0 Å². The summed E-state index contributed by atoms with van der Waals surface area (Å²) in [5, 5.41) is 7.13. The van der Waals surface area contributed by atoms with Gasteiger partial charge in [0, 0.05) is 8.07 Å². The van der Waals surface area contributed by atoms with E-state index < -0.39 is 8.07 Å². The molecule has 0 spiro atoms. The Morgan fingerprint density at radius 1 is 0.667 bits per heavy atom. The molecule has 5 aromatic rings. The van der Waals surface area contributed by atoms with Crippen molar-refractivity contribution in [3.8, 4) is 0 Å². The van der Waals surface area contributed by atoms with E-state index in [2.05, 4.69) is 156 Å². The van der Waals surface area contributed by atoms with E-state index >= 15 is 0 Å². The minimum atomic E-state index is -1.07. The van der Waals surface area contributed by atoms with E-state index in [0.717, 1.165) is 19.3 Å². The first-order valence-corrected chi connectivity index (χ1v) is 19.9. The summed E-state index contributed by atoms with van der Waals surface area (Å²) >= 11 is 1.46. The fraction of sp³-hybridized carbons (Fsp3) is 0.268. The molecule has 0 amide bonds. The van der Waals surface area contributed by atoms with Gasteiger partial charge in [-0.3, -0.25) is 6.08 Å². The number of fused-ring (bicyclic) bond motifs is 3. The monoisotopic (exact) mass is 728 g/mol. The predicted octanol–water partition coefficient (Wildman–Crippen LogP) is 12.2. The second kappa shape index (κ2) is 19.4. The van der Waals surface area contributed by atoms with Gasteiger partial charge in [0.15, 0.2) is 0 Å². The molecule has 0 fully saturated rings. The van der Waals surface area contributed by atoms with Gasteiger partial charge >= 0.3 is 99.2 Å². The zero-order valence-electron chi connectivity index (χ0n) is 27.5. The third-order valence-electron chi connectivity index (χ3n) is 9.07. The molecule has 0 unspecified atom stereocenters. The summed E-state index contributed by atoms with van der Waals surface area (Å²) in [5.74, 6) is 0. The molecule has 0 aliphatic heterocycles. The second-order valence-electron chi connectivity index (χ2n) is 11.3. The average molecular weight is 731 g/mol. The molecule has 6 rings (SSSR count). The summed E-state index contributed by atoms with van der Waals surface area (Å²) in [5.41, 5.74) is 5.50. The van der Waals surface area contributed by atoms with Crippen LogP contribution in [0.4, 0.5) is 0 Å². The van der Waals surface area contributed by atoms with E-state index in [4.69, 9.17) is 0 Å². The van der Waals surface area contributed by atoms with E-state index in [9.17, 15) is 0 Å². The number of hydrogen-bond acceptors (Lipinski definition) is 0. The summed E-state index contributed by atoms with van der Waals surface area (Å²) in [6, 6.07) is 41.2. The molecule has 0 saturated carbocycles. The number of benzene rings is 4. The van der Waals surface area contributed by atoms with Crippen molar-refractivity contribution in [2.24, 2.45) is 0 Å². The zero-order valence-corrected chi connectivity index (χ0v) is 32.6. The SMILES string of the molecule is CC[Si](CC)(CC)C1=[C-]CC=C1.CCc1ccc2c(c1)[cH-]c1cc(CC)ccc12.Cl.Cl.[Zr+2]=[C](c1ccccc1)c1ccccc1. The fourth-order valence-corrected chi connectivity index (χ4v) is 10.4. The topological polar surface area (TPSA) is 0 Å². The van der Waals surface area contributed by atoms with Gasteiger partial charge in [0.2, 0.25) is 0 Å². The van der Waals surface area contributed by atoms with Crippen LogP contribution < -0.4 is 0 Å². The van der Waals surface area contributed by atoms with Gasteiger partial charge < -0.3 is 0 Å². The molecule has 45 heavy (non-hydrogen) atoms. The van der Waals surface area contributed by atoms with Crippen LogP contribution in [0, 0.1) is 6.08 Å². The molecule has 0 aromatic heterocycles. The average Bonchev–Trinajstić information content (AvgIpc) is 3.75. The van der Waals surface area contributed by atoms with Crippen molar-refractivity contribution in [3.63, 3.8) is 0 Å². The predicted molar refractivity (Wildman–Crippen MR) is 204 cm³/mol. The first kappa shape index (κ1) is 39.0. The van der Waals surface area contributed by atoms with Gasteiger partial charge in [-0.2, -0.15) is 6.08 Å². The number of halogens is 2. The Bertz CT molecular complexity index is 1570. The molecular formula is C41H48Cl2SiZr. The van der Waals surface area contributed by atoms with Crippen LogP contribution in [0.3, 0.4) is 0 Å². The summed E-state index contributed by atoms with van der Waals surface area (Å²) in [6.07, 6.45) is 11.4. The quantitative estimate of drug-likeness (QED) is 0.110. The van der Waals surface area contributed by atoms with Crippen LogP contribution in [-0.2, 0) is 37.1 Å². The molecule has 0 bridgehead atoms. The van der Waals surface area contributed by atoms with Crippen LogP contribution in [-0.4, -0.2) is 11.3 Å². The van der Waals surface area contributed by atoms with Gasteiger partial charge in [0.05, 0.1) is 0 Å². The van der Waals surface area contributed by atoms with Crippen LogP contribution >= 0.6 is 24.8 Å². The molecule has 0 radical (unpaired) electrons. The van der Waals surface area contributed by atoms with Gasteiger partial charge in [0.1, 0.15) is 0 Å². The molecule has 0 atom stereocenters. The Morgan fingerprint density at radius 2 is 1.11 bits per heavy atom. The number of aryl methyl sites for hydroxylation is 2. The molecule has 0 heterocycles. The summed E-state index contributed by atoms with van der Waals surface area (Å²) < 4.78 is 1.42. The van der Waals surface area contributed by atoms with Gasteiger partial charge in [-0.1, -0.05) is 88.1 Å². The molecule has 0 N–H and O–H groups in total. The Hall–Kier alpha value is -2.22. The van der Waals surface area contributed by atoms with Gasteiger partial charge in [-0.25, -0.2) is 11.3 Å². The van der Waals surface area contributed by atoms with E-state index in [1.165, 1.54) is 89.4 Å². The molecule has 5 aromatic carbocycles. The molecule has 1 aliphatic carbocycles. The first-order chi connectivity index (χ1) is 21.0. The van der Waals surface area contributed by atoms with Crippen molar-refractivity contribution >= 4 is 57.6 Å². The van der Waals surface area contributed by atoms with E-state index in [1.807, 2.05) is 0 Å². The Balaban J connectivity index is 0.000000234. The summed E-state index contributed by atoms with van der Waals surface area (Å²) in [4.78, 5) is 0. The van der Waals surface area contributed by atoms with Crippen LogP contribution in [0.5, 0.6) is 0 Å². The van der Waals surface area contributed by atoms with Crippen LogP contribution in [0.25, 0.3) is 21.5 Å². The molecule has 0 saturated heterocycles. The molecule has 4 heteroatoms. The van der Waals surface area contributed by atoms with Crippen LogP contribution in [0.1, 0.15) is 63.3 Å². The van der Waals surface area contributed by atoms with Crippen LogP contribution in [0.15, 0.2) is 120 Å². The molecule has 0 nitrogen and oxygen atoms in total. The van der Waals surface area contributed by atoms with Crippen molar-refractivity contribution in [3.05, 3.63) is 149 Å². The normalized spacial score (nSPS) is 11.8. The molecule has 234 valence electrons. The Kier molecular flexibility index (Phi) is 16.8. The van der Waals surface area contributed by atoms with Crippen molar-refractivity contribution in [2.75, 3.05) is 0 Å². The standard InChI is InChI=1S/C17H17.C13H10.C11H19Si.2ClH.Zr/c1-3-12-5-7-16-14(9-12)11-15-10-13(4-2)6-8-17(15)16;1-3-7-12(8-4-1)11-13-9-5-2-6-10-13;1-4-12(5-2,6-3)11-9-7-8-10-11;;;/h5-11H,3-4H2,1-2H3;1-10H;7,9H,4-6,8H2,1-3H3;2*1H;/q-1;;-1;;;+2. The van der Waals surface area contributed by atoms with Crippen molar-refractivity contribution in [1.82, 2.24) is 0 Å². The number of hydrogen-bond donors (Lipinski definition) is 0. The number of allylic oxidation sites excluding steroid dienone is 4. The third-order valence-corrected chi connectivity index (χ3v) is 16.0. The summed E-state index contributed by atoms with van der Waals surface area (Å²) in [7, 11) is -1.07. The van der Waals surface area contributed by atoms with Gasteiger partial charge in [-0.05, 0) is 12.8 Å². The van der Waals surface area contributed by atoms with Crippen molar-refractivity contribution < 1.29 is 24.2 Å².